The third kappa shape index (κ3) is 1.33. The fourth-order valence-electron chi connectivity index (χ4n) is 1.08. The Morgan fingerprint density at radius 1 is 1.43 bits per heavy atom. The topological polar surface area (TPSA) is 80.9 Å². The summed E-state index contributed by atoms with van der Waals surface area (Å²) >= 11 is 0. The van der Waals surface area contributed by atoms with Gasteiger partial charge in [-0.25, -0.2) is 14.5 Å². The Kier molecular flexibility index (Phi) is 1.94. The zero-order valence-electron chi connectivity index (χ0n) is 7.03. The molecular weight excluding hydrogens is 184 g/mol. The van der Waals surface area contributed by atoms with Crippen LogP contribution in [0.1, 0.15) is 10.4 Å². The van der Waals surface area contributed by atoms with Crippen molar-refractivity contribution in [2.45, 2.75) is 0 Å². The second-order valence-electron chi connectivity index (χ2n) is 2.54. The fourth-order valence-corrected chi connectivity index (χ4v) is 1.08. The van der Waals surface area contributed by atoms with E-state index in [1.54, 1.807) is 6.07 Å². The van der Waals surface area contributed by atoms with Gasteiger partial charge in [-0.3, -0.25) is 4.98 Å². The van der Waals surface area contributed by atoms with E-state index < -0.39 is 5.97 Å². The molecule has 1 N–H and O–H groups in total. The summed E-state index contributed by atoms with van der Waals surface area (Å²) in [5.74, 6) is -1.04. The van der Waals surface area contributed by atoms with Gasteiger partial charge in [0.05, 0.1) is 5.69 Å². The molecular formula is C8H6N4O2. The van der Waals surface area contributed by atoms with Crippen LogP contribution >= 0.6 is 0 Å². The van der Waals surface area contributed by atoms with Crippen molar-refractivity contribution in [1.29, 1.82) is 0 Å². The van der Waals surface area contributed by atoms with Crippen molar-refractivity contribution in [3.8, 4) is 5.69 Å². The van der Waals surface area contributed by atoms with E-state index in [0.29, 0.717) is 5.69 Å². The van der Waals surface area contributed by atoms with Crippen molar-refractivity contribution in [3.05, 3.63) is 36.7 Å². The molecule has 70 valence electrons. The second kappa shape index (κ2) is 3.25. The SMILES string of the molecule is O=C(O)c1cnccc1-n1cncn1. The molecule has 2 heterocycles. The van der Waals surface area contributed by atoms with Gasteiger partial charge in [0, 0.05) is 12.4 Å². The summed E-state index contributed by atoms with van der Waals surface area (Å²) in [5.41, 5.74) is 0.544. The summed E-state index contributed by atoms with van der Waals surface area (Å²) < 4.78 is 1.38. The normalized spacial score (nSPS) is 10.0. The largest absolute Gasteiger partial charge is 0.478 e. The maximum atomic E-state index is 10.8. The second-order valence-corrected chi connectivity index (χ2v) is 2.54. The summed E-state index contributed by atoms with van der Waals surface area (Å²) in [7, 11) is 0. The molecule has 0 aromatic carbocycles. The number of hydrogen-bond donors (Lipinski definition) is 1. The molecule has 0 aliphatic heterocycles. The first-order chi connectivity index (χ1) is 6.79. The predicted octanol–water partition coefficient (Wildman–Crippen LogP) is 0.360. The lowest BCUT2D eigenvalue weighted by molar-refractivity contribution is 0.0696. The smallest absolute Gasteiger partial charge is 0.339 e. The standard InChI is InChI=1S/C8H6N4O2/c13-8(14)6-3-9-2-1-7(6)12-5-10-4-11-12/h1-5H,(H,13,14). The molecule has 2 rings (SSSR count). The average molecular weight is 190 g/mol. The first kappa shape index (κ1) is 8.36. The lowest BCUT2D eigenvalue weighted by atomic mass is 10.2. The number of pyridine rings is 1. The minimum absolute atomic E-state index is 0.0954. The van der Waals surface area contributed by atoms with E-state index in [0.717, 1.165) is 0 Å². The summed E-state index contributed by atoms with van der Waals surface area (Å²) in [6.45, 7) is 0. The van der Waals surface area contributed by atoms with Gasteiger partial charge in [0.25, 0.3) is 0 Å². The Morgan fingerprint density at radius 3 is 2.93 bits per heavy atom. The van der Waals surface area contributed by atoms with Gasteiger partial charge in [-0.2, -0.15) is 5.10 Å². The van der Waals surface area contributed by atoms with E-state index in [9.17, 15) is 4.79 Å². The molecule has 2 aromatic heterocycles. The summed E-state index contributed by atoms with van der Waals surface area (Å²) in [4.78, 5) is 18.3. The van der Waals surface area contributed by atoms with Crippen LogP contribution in [0.5, 0.6) is 0 Å². The van der Waals surface area contributed by atoms with E-state index in [-0.39, 0.29) is 5.56 Å². The van der Waals surface area contributed by atoms with E-state index >= 15 is 0 Å². The average Bonchev–Trinajstić information content (AvgIpc) is 2.70. The number of aromatic carboxylic acids is 1. The lowest BCUT2D eigenvalue weighted by Gasteiger charge is -2.02. The van der Waals surface area contributed by atoms with Crippen LogP contribution in [0.25, 0.3) is 5.69 Å². The maximum absolute atomic E-state index is 10.8. The quantitative estimate of drug-likeness (QED) is 0.739. The minimum Gasteiger partial charge on any atom is -0.478 e. The van der Waals surface area contributed by atoms with Gasteiger partial charge in [0.1, 0.15) is 18.2 Å². The lowest BCUT2D eigenvalue weighted by Crippen LogP contribution is -2.06. The van der Waals surface area contributed by atoms with Gasteiger partial charge in [-0.1, -0.05) is 0 Å². The highest BCUT2D eigenvalue weighted by molar-refractivity contribution is 5.91. The van der Waals surface area contributed by atoms with Gasteiger partial charge in [-0.15, -0.1) is 0 Å². The van der Waals surface area contributed by atoms with E-state index in [4.69, 9.17) is 5.11 Å². The molecule has 0 aliphatic rings. The van der Waals surface area contributed by atoms with Gasteiger partial charge in [0.15, 0.2) is 0 Å². The molecule has 0 radical (unpaired) electrons. The zero-order valence-corrected chi connectivity index (χ0v) is 7.03. The molecule has 6 nitrogen and oxygen atoms in total. The molecule has 0 spiro atoms. The molecule has 0 saturated carbocycles. The Labute approximate surface area is 78.9 Å². The summed E-state index contributed by atoms with van der Waals surface area (Å²) in [5, 5.41) is 12.7. The Hall–Kier alpha value is -2.24. The molecule has 2 aromatic rings. The third-order valence-electron chi connectivity index (χ3n) is 1.69. The molecule has 0 amide bonds. The highest BCUT2D eigenvalue weighted by atomic mass is 16.4. The molecule has 0 atom stereocenters. The Morgan fingerprint density at radius 2 is 2.29 bits per heavy atom. The molecule has 0 aliphatic carbocycles. The molecule has 0 unspecified atom stereocenters. The van der Waals surface area contributed by atoms with Gasteiger partial charge in [-0.05, 0) is 6.07 Å². The zero-order chi connectivity index (χ0) is 9.97. The molecule has 0 bridgehead atoms. The van der Waals surface area contributed by atoms with Crippen LogP contribution in [0.2, 0.25) is 0 Å². The van der Waals surface area contributed by atoms with Crippen LogP contribution in [0.15, 0.2) is 31.1 Å². The first-order valence-electron chi connectivity index (χ1n) is 3.81. The monoisotopic (exact) mass is 190 g/mol. The number of rotatable bonds is 2. The van der Waals surface area contributed by atoms with Gasteiger partial charge in [0.2, 0.25) is 0 Å². The van der Waals surface area contributed by atoms with Gasteiger partial charge >= 0.3 is 5.97 Å². The number of nitrogens with zero attached hydrogens (tertiary/aromatic N) is 4. The Balaban J connectivity index is 2.58. The number of carboxylic acid groups (broad SMARTS) is 1. The van der Waals surface area contributed by atoms with Crippen molar-refractivity contribution in [3.63, 3.8) is 0 Å². The van der Waals surface area contributed by atoms with Crippen molar-refractivity contribution in [2.75, 3.05) is 0 Å². The van der Waals surface area contributed by atoms with Crippen molar-refractivity contribution in [1.82, 2.24) is 19.7 Å². The number of carboxylic acids is 1. The number of hydrogen-bond acceptors (Lipinski definition) is 4. The summed E-state index contributed by atoms with van der Waals surface area (Å²) in [6.07, 6.45) is 5.55. The van der Waals surface area contributed by atoms with E-state index in [1.165, 1.54) is 29.7 Å². The van der Waals surface area contributed by atoms with Crippen molar-refractivity contribution in [2.24, 2.45) is 0 Å². The van der Waals surface area contributed by atoms with Crippen LogP contribution in [0, 0.1) is 0 Å². The van der Waals surface area contributed by atoms with Crippen LogP contribution in [-0.4, -0.2) is 30.8 Å². The molecule has 0 fully saturated rings. The summed E-state index contributed by atoms with van der Waals surface area (Å²) in [6, 6.07) is 1.57. The Bertz CT molecular complexity index is 452. The van der Waals surface area contributed by atoms with E-state index in [2.05, 4.69) is 15.1 Å². The van der Waals surface area contributed by atoms with Gasteiger partial charge < -0.3 is 5.11 Å². The first-order valence-corrected chi connectivity index (χ1v) is 3.81. The minimum atomic E-state index is -1.04. The maximum Gasteiger partial charge on any atom is 0.339 e. The van der Waals surface area contributed by atoms with Crippen LogP contribution in [0.3, 0.4) is 0 Å². The molecule has 6 heteroatoms. The highest BCUT2D eigenvalue weighted by Gasteiger charge is 2.11. The number of aromatic nitrogens is 4. The van der Waals surface area contributed by atoms with Crippen molar-refractivity contribution < 1.29 is 9.90 Å². The van der Waals surface area contributed by atoms with E-state index in [1.807, 2.05) is 0 Å². The molecule has 0 saturated heterocycles. The fraction of sp³-hybridized carbons (Fsp3) is 0. The number of carbonyl (C=O) groups is 1. The van der Waals surface area contributed by atoms with Crippen LogP contribution in [-0.2, 0) is 0 Å². The van der Waals surface area contributed by atoms with Crippen molar-refractivity contribution >= 4 is 5.97 Å². The molecule has 14 heavy (non-hydrogen) atoms. The predicted molar refractivity (Wildman–Crippen MR) is 46.1 cm³/mol. The van der Waals surface area contributed by atoms with Crippen LogP contribution in [0.4, 0.5) is 0 Å². The third-order valence-corrected chi connectivity index (χ3v) is 1.69. The van der Waals surface area contributed by atoms with Crippen LogP contribution < -0.4 is 0 Å². The highest BCUT2D eigenvalue weighted by Crippen LogP contribution is 2.10.